The minimum absolute atomic E-state index is 1.09. The van der Waals surface area contributed by atoms with Crippen molar-refractivity contribution in [3.8, 4) is 0 Å². The summed E-state index contributed by atoms with van der Waals surface area (Å²) in [5, 5.41) is 0. The first kappa shape index (κ1) is 12.3. The number of phosphoric acid groups is 1. The topological polar surface area (TPSA) is 90.7 Å². The first-order chi connectivity index (χ1) is 5.79. The van der Waals surface area contributed by atoms with Crippen LogP contribution in [0, 0.1) is 13.8 Å². The molecule has 1 rings (SSSR count). The SMILES string of the molecule is Cc1cccc(C)n1.O=P(O)(O)O. The second-order valence-electron chi connectivity index (χ2n) is 2.43. The Morgan fingerprint density at radius 1 is 1.15 bits per heavy atom. The smallest absolute Gasteiger partial charge is 0.303 e. The van der Waals surface area contributed by atoms with E-state index in [-0.39, 0.29) is 0 Å². The first-order valence-corrected chi connectivity index (χ1v) is 5.04. The van der Waals surface area contributed by atoms with Gasteiger partial charge in [0, 0.05) is 11.4 Å². The van der Waals surface area contributed by atoms with Gasteiger partial charge in [0.25, 0.3) is 0 Å². The van der Waals surface area contributed by atoms with Gasteiger partial charge in [-0.25, -0.2) is 4.57 Å². The van der Waals surface area contributed by atoms with E-state index in [9.17, 15) is 0 Å². The normalized spacial score (nSPS) is 10.2. The maximum atomic E-state index is 8.88. The molecule has 0 radical (unpaired) electrons. The molecular weight excluding hydrogens is 193 g/mol. The van der Waals surface area contributed by atoms with Crippen LogP contribution in [0.25, 0.3) is 0 Å². The number of pyridine rings is 1. The lowest BCUT2D eigenvalue weighted by Gasteiger charge is -1.90. The van der Waals surface area contributed by atoms with E-state index in [4.69, 9.17) is 19.2 Å². The van der Waals surface area contributed by atoms with Gasteiger partial charge in [-0.1, -0.05) is 6.07 Å². The molecule has 5 nitrogen and oxygen atoms in total. The summed E-state index contributed by atoms with van der Waals surface area (Å²) in [6.45, 7) is 3.99. The van der Waals surface area contributed by atoms with Gasteiger partial charge in [-0.05, 0) is 26.0 Å². The fourth-order valence-electron chi connectivity index (χ4n) is 0.679. The predicted molar refractivity (Wildman–Crippen MR) is 48.0 cm³/mol. The molecule has 6 heteroatoms. The maximum Gasteiger partial charge on any atom is 0.466 e. The largest absolute Gasteiger partial charge is 0.466 e. The van der Waals surface area contributed by atoms with Crippen molar-refractivity contribution >= 4 is 7.82 Å². The molecule has 1 aromatic rings. The van der Waals surface area contributed by atoms with Crippen molar-refractivity contribution in [3.63, 3.8) is 0 Å². The number of nitrogens with zero attached hydrogens (tertiary/aromatic N) is 1. The fraction of sp³-hybridized carbons (Fsp3) is 0.286. The molecule has 0 saturated carbocycles. The number of rotatable bonds is 0. The molecule has 0 aliphatic heterocycles. The van der Waals surface area contributed by atoms with Crippen LogP contribution in [0.2, 0.25) is 0 Å². The van der Waals surface area contributed by atoms with Crippen molar-refractivity contribution in [3.05, 3.63) is 29.6 Å². The minimum Gasteiger partial charge on any atom is -0.303 e. The average molecular weight is 205 g/mol. The Morgan fingerprint density at radius 3 is 1.62 bits per heavy atom. The minimum atomic E-state index is -4.64. The van der Waals surface area contributed by atoms with Crippen LogP contribution in [0.15, 0.2) is 18.2 Å². The Hall–Kier alpha value is -0.740. The van der Waals surface area contributed by atoms with E-state index in [2.05, 4.69) is 4.98 Å². The van der Waals surface area contributed by atoms with Crippen LogP contribution in [0.4, 0.5) is 0 Å². The maximum absolute atomic E-state index is 8.88. The Balaban J connectivity index is 0.000000252. The van der Waals surface area contributed by atoms with E-state index in [1.165, 1.54) is 0 Å². The highest BCUT2D eigenvalue weighted by Gasteiger charge is 2.00. The second-order valence-corrected chi connectivity index (χ2v) is 3.46. The Bertz CT molecular complexity index is 284. The van der Waals surface area contributed by atoms with Gasteiger partial charge in [0.15, 0.2) is 0 Å². The third kappa shape index (κ3) is 11.3. The van der Waals surface area contributed by atoms with E-state index in [0.29, 0.717) is 0 Å². The van der Waals surface area contributed by atoms with Gasteiger partial charge in [0.1, 0.15) is 0 Å². The Morgan fingerprint density at radius 2 is 1.46 bits per heavy atom. The lowest BCUT2D eigenvalue weighted by molar-refractivity contribution is 0.275. The summed E-state index contributed by atoms with van der Waals surface area (Å²) < 4.78 is 8.88. The van der Waals surface area contributed by atoms with Crippen LogP contribution in [0.1, 0.15) is 11.4 Å². The summed E-state index contributed by atoms with van der Waals surface area (Å²) in [5.41, 5.74) is 2.18. The lowest BCUT2D eigenvalue weighted by Crippen LogP contribution is -1.81. The molecule has 0 fully saturated rings. The fourth-order valence-corrected chi connectivity index (χ4v) is 0.679. The van der Waals surface area contributed by atoms with Gasteiger partial charge in [-0.15, -0.1) is 0 Å². The molecule has 0 amide bonds. The first-order valence-electron chi connectivity index (χ1n) is 3.47. The quantitative estimate of drug-likeness (QED) is 0.544. The zero-order valence-corrected chi connectivity index (χ0v) is 8.27. The van der Waals surface area contributed by atoms with E-state index in [0.717, 1.165) is 11.4 Å². The van der Waals surface area contributed by atoms with Crippen molar-refractivity contribution in [1.82, 2.24) is 4.98 Å². The second kappa shape index (κ2) is 5.09. The number of hydrogen-bond acceptors (Lipinski definition) is 2. The third-order valence-electron chi connectivity index (χ3n) is 1.03. The summed E-state index contributed by atoms with van der Waals surface area (Å²) in [6.07, 6.45) is 0. The summed E-state index contributed by atoms with van der Waals surface area (Å²) in [4.78, 5) is 25.7. The van der Waals surface area contributed by atoms with E-state index >= 15 is 0 Å². The number of aryl methyl sites for hydroxylation is 2. The van der Waals surface area contributed by atoms with Gasteiger partial charge in [0.05, 0.1) is 0 Å². The average Bonchev–Trinajstić information content (AvgIpc) is 1.81. The zero-order chi connectivity index (χ0) is 10.5. The molecule has 74 valence electrons. The summed E-state index contributed by atoms with van der Waals surface area (Å²) in [5.74, 6) is 0. The van der Waals surface area contributed by atoms with E-state index in [1.807, 2.05) is 32.0 Å². The Kier molecular flexibility index (Phi) is 4.80. The molecule has 0 aliphatic rings. The molecule has 0 aromatic carbocycles. The Labute approximate surface area is 76.3 Å². The van der Waals surface area contributed by atoms with Gasteiger partial charge < -0.3 is 14.7 Å². The standard InChI is InChI=1S/C7H9N.H3O4P/c1-6-4-3-5-7(2)8-6;1-5(2,3)4/h3-5H,1-2H3;(H3,1,2,3,4). The molecule has 0 saturated heterocycles. The number of aromatic nitrogens is 1. The van der Waals surface area contributed by atoms with Crippen LogP contribution < -0.4 is 0 Å². The predicted octanol–water partition coefficient (Wildman–Crippen LogP) is 0.770. The molecule has 1 heterocycles. The van der Waals surface area contributed by atoms with Gasteiger partial charge in [0.2, 0.25) is 0 Å². The molecular formula is C7H12NO4P. The van der Waals surface area contributed by atoms with Crippen molar-refractivity contribution < 1.29 is 19.2 Å². The lowest BCUT2D eigenvalue weighted by atomic mass is 10.3. The van der Waals surface area contributed by atoms with Crippen LogP contribution in [-0.4, -0.2) is 19.7 Å². The highest BCUT2D eigenvalue weighted by molar-refractivity contribution is 7.45. The molecule has 0 atom stereocenters. The van der Waals surface area contributed by atoms with E-state index < -0.39 is 7.82 Å². The van der Waals surface area contributed by atoms with Crippen molar-refractivity contribution in [1.29, 1.82) is 0 Å². The molecule has 3 N–H and O–H groups in total. The van der Waals surface area contributed by atoms with Crippen molar-refractivity contribution in [2.75, 3.05) is 0 Å². The molecule has 0 unspecified atom stereocenters. The number of hydrogen-bond donors (Lipinski definition) is 3. The zero-order valence-electron chi connectivity index (χ0n) is 7.38. The molecule has 0 bridgehead atoms. The van der Waals surface area contributed by atoms with Crippen LogP contribution in [-0.2, 0) is 4.57 Å². The third-order valence-corrected chi connectivity index (χ3v) is 1.03. The monoisotopic (exact) mass is 205 g/mol. The summed E-state index contributed by atoms with van der Waals surface area (Å²) in [7, 11) is -4.64. The van der Waals surface area contributed by atoms with E-state index in [1.54, 1.807) is 0 Å². The van der Waals surface area contributed by atoms with Crippen LogP contribution in [0.3, 0.4) is 0 Å². The summed E-state index contributed by atoms with van der Waals surface area (Å²) >= 11 is 0. The van der Waals surface area contributed by atoms with Gasteiger partial charge in [-0.3, -0.25) is 4.98 Å². The highest BCUT2D eigenvalue weighted by atomic mass is 31.2. The van der Waals surface area contributed by atoms with Crippen LogP contribution >= 0.6 is 7.82 Å². The molecule has 13 heavy (non-hydrogen) atoms. The van der Waals surface area contributed by atoms with Crippen molar-refractivity contribution in [2.24, 2.45) is 0 Å². The van der Waals surface area contributed by atoms with Gasteiger partial charge in [-0.2, -0.15) is 0 Å². The highest BCUT2D eigenvalue weighted by Crippen LogP contribution is 2.25. The molecule has 0 aliphatic carbocycles. The summed E-state index contributed by atoms with van der Waals surface area (Å²) in [6, 6.07) is 6.00. The molecule has 0 spiro atoms. The molecule has 1 aromatic heterocycles. The van der Waals surface area contributed by atoms with Gasteiger partial charge >= 0.3 is 7.82 Å². The van der Waals surface area contributed by atoms with Crippen LogP contribution in [0.5, 0.6) is 0 Å². The van der Waals surface area contributed by atoms with Crippen molar-refractivity contribution in [2.45, 2.75) is 13.8 Å².